The Morgan fingerprint density at radius 2 is 1.50 bits per heavy atom. The van der Waals surface area contributed by atoms with E-state index < -0.39 is 26.5 Å². The third-order valence-corrected chi connectivity index (χ3v) is 13.4. The van der Waals surface area contributed by atoms with Crippen LogP contribution in [0.15, 0.2) is 30.3 Å². The van der Waals surface area contributed by atoms with E-state index in [9.17, 15) is 0 Å². The van der Waals surface area contributed by atoms with Crippen LogP contribution in [0.2, 0.25) is 40.5 Å². The number of hydrogen-bond donors (Lipinski definition) is 0. The number of hydrogen-bond acceptors (Lipinski definition) is 0. The van der Waals surface area contributed by atoms with Crippen molar-refractivity contribution < 1.29 is 0 Å². The maximum atomic E-state index is 2.58. The van der Waals surface area contributed by atoms with Gasteiger partial charge in [-0.1, -0.05) is 0 Å². The van der Waals surface area contributed by atoms with Gasteiger partial charge in [0.05, 0.1) is 0 Å². The van der Waals surface area contributed by atoms with Crippen molar-refractivity contribution in [3.8, 4) is 0 Å². The molecular weight excluding hydrogens is 315 g/mol. The quantitative estimate of drug-likeness (QED) is 0.677. The van der Waals surface area contributed by atoms with Gasteiger partial charge < -0.3 is 0 Å². The van der Waals surface area contributed by atoms with Gasteiger partial charge in [0.15, 0.2) is 0 Å². The van der Waals surface area contributed by atoms with Crippen LogP contribution in [-0.2, 0) is 0 Å². The Bertz CT molecular complexity index is 319. The number of benzene rings is 1. The van der Waals surface area contributed by atoms with E-state index >= 15 is 0 Å². The van der Waals surface area contributed by atoms with Crippen molar-refractivity contribution in [2.75, 3.05) is 0 Å². The van der Waals surface area contributed by atoms with Crippen molar-refractivity contribution in [2.45, 2.75) is 44.4 Å². The summed E-state index contributed by atoms with van der Waals surface area (Å²) < 4.78 is 0.905. The molecule has 1 aromatic carbocycles. The van der Waals surface area contributed by atoms with Gasteiger partial charge in [-0.25, -0.2) is 0 Å². The molecule has 0 nitrogen and oxygen atoms in total. The van der Waals surface area contributed by atoms with Crippen LogP contribution < -0.4 is 0 Å². The van der Waals surface area contributed by atoms with Gasteiger partial charge in [0.2, 0.25) is 0 Å². The van der Waals surface area contributed by atoms with Crippen molar-refractivity contribution >= 4 is 26.5 Å². The first-order valence-electron chi connectivity index (χ1n) is 6.25. The van der Waals surface area contributed by atoms with Crippen LogP contribution >= 0.6 is 0 Å². The van der Waals surface area contributed by atoms with Gasteiger partial charge in [-0.15, -0.1) is 0 Å². The molecule has 90 valence electrons. The van der Waals surface area contributed by atoms with Gasteiger partial charge in [0.25, 0.3) is 0 Å². The fourth-order valence-electron chi connectivity index (χ4n) is 2.22. The molecule has 1 unspecified atom stereocenters. The van der Waals surface area contributed by atoms with Gasteiger partial charge in [-0.05, 0) is 0 Å². The summed E-state index contributed by atoms with van der Waals surface area (Å²) in [5.74, 6) is 0. The standard InChI is InChI=1S/C11H17Si.3CH3.Sn/c1-12(2,3)10-9-11-7-5-4-6-8-11;;;;/h4-9H,10H2,1-3H3;3*1H3;. The van der Waals surface area contributed by atoms with Crippen molar-refractivity contribution in [1.82, 2.24) is 0 Å². The molecule has 1 aromatic rings. The second-order valence-electron chi connectivity index (χ2n) is 7.09. The van der Waals surface area contributed by atoms with E-state index in [2.05, 4.69) is 64.8 Å². The molecule has 0 radical (unpaired) electrons. The van der Waals surface area contributed by atoms with Gasteiger partial charge in [0, 0.05) is 0 Å². The molecule has 0 fully saturated rings. The van der Waals surface area contributed by atoms with Gasteiger partial charge in [-0.3, -0.25) is 0 Å². The molecule has 0 saturated heterocycles. The fraction of sp³-hybridized carbons (Fsp3) is 0.571. The van der Waals surface area contributed by atoms with E-state index in [1.807, 2.05) is 0 Å². The predicted octanol–water partition coefficient (Wildman–Crippen LogP) is 4.99. The monoisotopic (exact) mass is 342 g/mol. The molecule has 0 aromatic heterocycles. The maximum absolute atomic E-state index is 2.58. The predicted molar refractivity (Wildman–Crippen MR) is 80.7 cm³/mol. The van der Waals surface area contributed by atoms with Gasteiger partial charge >= 0.3 is 107 Å². The molecule has 1 atom stereocenters. The van der Waals surface area contributed by atoms with Crippen LogP contribution in [0.25, 0.3) is 0 Å². The SMILES string of the molecule is C[Si](C)(C)C[CH](c1ccccc1)[Sn]([CH3])([CH3])[CH3]. The second-order valence-corrected chi connectivity index (χ2v) is 28.1. The Hall–Kier alpha value is 0.236. The summed E-state index contributed by atoms with van der Waals surface area (Å²) in [6.07, 6.45) is 0. The third kappa shape index (κ3) is 4.62. The molecule has 0 amide bonds. The summed E-state index contributed by atoms with van der Waals surface area (Å²) in [5.41, 5.74) is 1.60. The first-order valence-corrected chi connectivity index (χ1v) is 20.2. The van der Waals surface area contributed by atoms with E-state index in [0.29, 0.717) is 0 Å². The van der Waals surface area contributed by atoms with E-state index in [1.54, 1.807) is 5.56 Å². The number of rotatable bonds is 4. The minimum atomic E-state index is -1.85. The molecular formula is C14H26SiSn. The molecule has 0 bridgehead atoms. The zero-order valence-corrected chi connectivity index (χ0v) is 15.5. The zero-order chi connectivity index (χ0) is 12.4. The summed E-state index contributed by atoms with van der Waals surface area (Å²) in [4.78, 5) is 7.73. The molecule has 0 aliphatic heterocycles. The first-order chi connectivity index (χ1) is 7.20. The Morgan fingerprint density at radius 3 is 1.88 bits per heavy atom. The molecule has 0 saturated carbocycles. The van der Waals surface area contributed by atoms with Crippen molar-refractivity contribution in [1.29, 1.82) is 0 Å². The Morgan fingerprint density at radius 1 is 1.00 bits per heavy atom. The third-order valence-electron chi connectivity index (χ3n) is 3.06. The average molecular weight is 341 g/mol. The zero-order valence-electron chi connectivity index (χ0n) is 11.7. The van der Waals surface area contributed by atoms with Crippen molar-refractivity contribution in [2.24, 2.45) is 0 Å². The summed E-state index contributed by atoms with van der Waals surface area (Å²) in [5, 5.41) is 0. The molecule has 1 rings (SSSR count). The van der Waals surface area contributed by atoms with Crippen LogP contribution in [-0.4, -0.2) is 26.5 Å². The average Bonchev–Trinajstić information content (AvgIpc) is 2.13. The van der Waals surface area contributed by atoms with Crippen molar-refractivity contribution in [3.05, 3.63) is 35.9 Å². The molecule has 0 heterocycles. The normalized spacial score (nSPS) is 14.9. The molecule has 2 heteroatoms. The molecule has 0 aliphatic rings. The molecule has 0 N–H and O–H groups in total. The van der Waals surface area contributed by atoms with Crippen LogP contribution in [0, 0.1) is 0 Å². The van der Waals surface area contributed by atoms with E-state index in [-0.39, 0.29) is 0 Å². The minimum absolute atomic E-state index is 0.905. The Labute approximate surface area is 106 Å². The topological polar surface area (TPSA) is 0 Å². The molecule has 0 aliphatic carbocycles. The van der Waals surface area contributed by atoms with E-state index in [0.717, 1.165) is 3.93 Å². The van der Waals surface area contributed by atoms with Crippen LogP contribution in [0.3, 0.4) is 0 Å². The first kappa shape index (κ1) is 14.3. The summed E-state index contributed by atoms with van der Waals surface area (Å²) in [7, 11) is -0.960. The van der Waals surface area contributed by atoms with Crippen LogP contribution in [0.4, 0.5) is 0 Å². The summed E-state index contributed by atoms with van der Waals surface area (Å²) in [6.45, 7) is 7.50. The van der Waals surface area contributed by atoms with Crippen LogP contribution in [0.5, 0.6) is 0 Å². The van der Waals surface area contributed by atoms with Gasteiger partial charge in [0.1, 0.15) is 0 Å². The molecule has 16 heavy (non-hydrogen) atoms. The van der Waals surface area contributed by atoms with Crippen molar-refractivity contribution in [3.63, 3.8) is 0 Å². The Balaban J connectivity index is 2.98. The Kier molecular flexibility index (Phi) is 4.70. The summed E-state index contributed by atoms with van der Waals surface area (Å²) >= 11 is -1.85. The molecule has 0 spiro atoms. The second kappa shape index (κ2) is 5.26. The fourth-order valence-corrected chi connectivity index (χ4v) is 18.2. The summed E-state index contributed by atoms with van der Waals surface area (Å²) in [6, 6.07) is 12.7. The van der Waals surface area contributed by atoms with E-state index in [1.165, 1.54) is 6.04 Å². The van der Waals surface area contributed by atoms with Crippen LogP contribution in [0.1, 0.15) is 9.50 Å². The van der Waals surface area contributed by atoms with Gasteiger partial charge in [-0.2, -0.15) is 0 Å². The van der Waals surface area contributed by atoms with E-state index in [4.69, 9.17) is 0 Å².